The summed E-state index contributed by atoms with van der Waals surface area (Å²) in [6, 6.07) is 15.3. The lowest BCUT2D eigenvalue weighted by atomic mass is 10.1. The molecule has 0 aliphatic carbocycles. The van der Waals surface area contributed by atoms with Crippen LogP contribution in [0.15, 0.2) is 57.9 Å². The summed E-state index contributed by atoms with van der Waals surface area (Å²) in [5, 5.41) is 0. The van der Waals surface area contributed by atoms with Crippen molar-refractivity contribution >= 4 is 26.0 Å². The van der Waals surface area contributed by atoms with E-state index in [1.807, 2.05) is 12.1 Å². The monoisotopic (exact) mass is 422 g/mol. The summed E-state index contributed by atoms with van der Waals surface area (Å²) in [7, 11) is -3.44. The first-order valence-electron chi connectivity index (χ1n) is 8.49. The van der Waals surface area contributed by atoms with Crippen LogP contribution in [0.3, 0.4) is 0 Å². The summed E-state index contributed by atoms with van der Waals surface area (Å²) in [6.07, 6.45) is 0.846. The first-order chi connectivity index (χ1) is 12.0. The van der Waals surface area contributed by atoms with Gasteiger partial charge in [0.25, 0.3) is 0 Å². The zero-order chi connectivity index (χ0) is 17.9. The molecule has 0 spiro atoms. The molecule has 1 aliphatic rings. The molecule has 0 N–H and O–H groups in total. The highest BCUT2D eigenvalue weighted by Crippen LogP contribution is 2.22. The van der Waals surface area contributed by atoms with Crippen LogP contribution in [0.5, 0.6) is 0 Å². The molecular formula is C19H23BrN2O2S. The number of benzene rings is 2. The predicted molar refractivity (Wildman–Crippen MR) is 104 cm³/mol. The molecule has 0 amide bonds. The number of rotatable bonds is 4. The molecule has 1 fully saturated rings. The minimum absolute atomic E-state index is 0.356. The summed E-state index contributed by atoms with van der Waals surface area (Å²) >= 11 is 3.36. The molecule has 25 heavy (non-hydrogen) atoms. The maximum atomic E-state index is 12.9. The molecular weight excluding hydrogens is 400 g/mol. The summed E-state index contributed by atoms with van der Waals surface area (Å²) < 4.78 is 28.2. The molecule has 6 heteroatoms. The van der Waals surface area contributed by atoms with Crippen molar-refractivity contribution in [2.24, 2.45) is 0 Å². The Labute approximate surface area is 158 Å². The molecule has 3 rings (SSSR count). The van der Waals surface area contributed by atoms with E-state index in [2.05, 4.69) is 46.0 Å². The number of sulfonamides is 1. The molecule has 0 unspecified atom stereocenters. The maximum absolute atomic E-state index is 12.9. The average molecular weight is 423 g/mol. The zero-order valence-electron chi connectivity index (χ0n) is 14.4. The van der Waals surface area contributed by atoms with Gasteiger partial charge in [0.1, 0.15) is 0 Å². The third kappa shape index (κ3) is 4.50. The second-order valence-corrected chi connectivity index (χ2v) is 9.27. The first kappa shape index (κ1) is 18.6. The largest absolute Gasteiger partial charge is 0.298 e. The van der Waals surface area contributed by atoms with Gasteiger partial charge in [-0.1, -0.05) is 46.3 Å². The van der Waals surface area contributed by atoms with Crippen LogP contribution in [0, 0.1) is 6.92 Å². The van der Waals surface area contributed by atoms with Crippen molar-refractivity contribution in [3.63, 3.8) is 0 Å². The van der Waals surface area contributed by atoms with E-state index >= 15 is 0 Å². The van der Waals surface area contributed by atoms with Crippen LogP contribution in [0.4, 0.5) is 0 Å². The molecule has 0 aromatic heterocycles. The molecule has 2 aromatic rings. The fourth-order valence-electron chi connectivity index (χ4n) is 3.15. The summed E-state index contributed by atoms with van der Waals surface area (Å²) in [6.45, 7) is 5.76. The summed E-state index contributed by atoms with van der Waals surface area (Å²) in [4.78, 5) is 2.70. The molecule has 0 atom stereocenters. The number of halogens is 1. The second-order valence-electron chi connectivity index (χ2n) is 6.42. The molecule has 1 heterocycles. The van der Waals surface area contributed by atoms with Gasteiger partial charge in [0.15, 0.2) is 0 Å². The molecule has 2 aromatic carbocycles. The Kier molecular flexibility index (Phi) is 5.94. The van der Waals surface area contributed by atoms with Crippen molar-refractivity contribution in [3.05, 3.63) is 64.1 Å². The number of aryl methyl sites for hydroxylation is 1. The Hall–Kier alpha value is -1.21. The number of hydrogen-bond acceptors (Lipinski definition) is 3. The van der Waals surface area contributed by atoms with Gasteiger partial charge in [-0.15, -0.1) is 0 Å². The maximum Gasteiger partial charge on any atom is 0.243 e. The highest BCUT2D eigenvalue weighted by molar-refractivity contribution is 9.10. The SMILES string of the molecule is Cc1ccccc1CN1CCCN(S(=O)(=O)c2cccc(Br)c2)CC1. The van der Waals surface area contributed by atoms with Crippen LogP contribution in [0.2, 0.25) is 0 Å². The van der Waals surface area contributed by atoms with E-state index in [1.165, 1.54) is 11.1 Å². The van der Waals surface area contributed by atoms with E-state index in [0.29, 0.717) is 18.0 Å². The number of nitrogens with zero attached hydrogens (tertiary/aromatic N) is 2. The van der Waals surface area contributed by atoms with Gasteiger partial charge in [0.2, 0.25) is 10.0 Å². The van der Waals surface area contributed by atoms with Gasteiger partial charge in [-0.05, 0) is 49.2 Å². The van der Waals surface area contributed by atoms with Crippen molar-refractivity contribution in [1.29, 1.82) is 0 Å². The van der Waals surface area contributed by atoms with Crippen molar-refractivity contribution in [3.8, 4) is 0 Å². The van der Waals surface area contributed by atoms with E-state index < -0.39 is 10.0 Å². The van der Waals surface area contributed by atoms with E-state index in [0.717, 1.165) is 30.5 Å². The Morgan fingerprint density at radius 2 is 1.80 bits per heavy atom. The van der Waals surface area contributed by atoms with Gasteiger partial charge >= 0.3 is 0 Å². The van der Waals surface area contributed by atoms with Crippen LogP contribution in [-0.4, -0.2) is 43.8 Å². The molecule has 0 bridgehead atoms. The summed E-state index contributed by atoms with van der Waals surface area (Å²) in [5.41, 5.74) is 2.59. The van der Waals surface area contributed by atoms with Crippen molar-refractivity contribution in [2.45, 2.75) is 24.8 Å². The van der Waals surface area contributed by atoms with Crippen LogP contribution in [-0.2, 0) is 16.6 Å². The van der Waals surface area contributed by atoms with Crippen LogP contribution in [0.1, 0.15) is 17.5 Å². The zero-order valence-corrected chi connectivity index (χ0v) is 16.8. The third-order valence-corrected chi connectivity index (χ3v) is 7.02. The topological polar surface area (TPSA) is 40.6 Å². The van der Waals surface area contributed by atoms with Gasteiger partial charge in [-0.2, -0.15) is 4.31 Å². The third-order valence-electron chi connectivity index (χ3n) is 4.64. The standard InChI is InChI=1S/C19H23BrN2O2S/c1-16-6-2-3-7-17(16)15-21-10-5-11-22(13-12-21)25(23,24)19-9-4-8-18(20)14-19/h2-4,6-9,14H,5,10-13,15H2,1H3. The quantitative estimate of drug-likeness (QED) is 0.754. The molecule has 1 saturated heterocycles. The molecule has 4 nitrogen and oxygen atoms in total. The highest BCUT2D eigenvalue weighted by Gasteiger charge is 2.27. The lowest BCUT2D eigenvalue weighted by Crippen LogP contribution is -2.35. The Bertz CT molecular complexity index is 839. The molecule has 0 saturated carbocycles. The first-order valence-corrected chi connectivity index (χ1v) is 10.7. The van der Waals surface area contributed by atoms with Crippen molar-refractivity contribution in [1.82, 2.24) is 9.21 Å². The Morgan fingerprint density at radius 1 is 1.00 bits per heavy atom. The Morgan fingerprint density at radius 3 is 2.56 bits per heavy atom. The fraction of sp³-hybridized carbons (Fsp3) is 0.368. The van der Waals surface area contributed by atoms with E-state index in [9.17, 15) is 8.42 Å². The normalized spacial score (nSPS) is 17.4. The highest BCUT2D eigenvalue weighted by atomic mass is 79.9. The lowest BCUT2D eigenvalue weighted by molar-refractivity contribution is 0.278. The minimum Gasteiger partial charge on any atom is -0.298 e. The van der Waals surface area contributed by atoms with Crippen LogP contribution < -0.4 is 0 Å². The smallest absolute Gasteiger partial charge is 0.243 e. The van der Waals surface area contributed by atoms with Gasteiger partial charge in [-0.3, -0.25) is 4.90 Å². The van der Waals surface area contributed by atoms with Crippen molar-refractivity contribution < 1.29 is 8.42 Å². The van der Waals surface area contributed by atoms with Crippen LogP contribution in [0.25, 0.3) is 0 Å². The van der Waals surface area contributed by atoms with Crippen molar-refractivity contribution in [2.75, 3.05) is 26.2 Å². The lowest BCUT2D eigenvalue weighted by Gasteiger charge is -2.22. The number of hydrogen-bond donors (Lipinski definition) is 0. The van der Waals surface area contributed by atoms with E-state index in [4.69, 9.17) is 0 Å². The van der Waals surface area contributed by atoms with Gasteiger partial charge < -0.3 is 0 Å². The van der Waals surface area contributed by atoms with Gasteiger partial charge in [0, 0.05) is 30.7 Å². The van der Waals surface area contributed by atoms with Gasteiger partial charge in [-0.25, -0.2) is 8.42 Å². The van der Waals surface area contributed by atoms with E-state index in [-0.39, 0.29) is 0 Å². The average Bonchev–Trinajstić information content (AvgIpc) is 2.83. The fourth-order valence-corrected chi connectivity index (χ4v) is 5.22. The van der Waals surface area contributed by atoms with Gasteiger partial charge in [0.05, 0.1) is 4.90 Å². The second kappa shape index (κ2) is 7.99. The Balaban J connectivity index is 1.70. The van der Waals surface area contributed by atoms with Crippen LogP contribution >= 0.6 is 15.9 Å². The summed E-state index contributed by atoms with van der Waals surface area (Å²) in [5.74, 6) is 0. The molecule has 1 aliphatic heterocycles. The van der Waals surface area contributed by atoms with E-state index in [1.54, 1.807) is 22.5 Å². The molecule has 0 radical (unpaired) electrons. The predicted octanol–water partition coefficient (Wildman–Crippen LogP) is 3.65. The molecule has 134 valence electrons. The minimum atomic E-state index is -3.44.